The van der Waals surface area contributed by atoms with Crippen molar-refractivity contribution in [3.63, 3.8) is 0 Å². The van der Waals surface area contributed by atoms with Crippen LogP contribution in [0.2, 0.25) is 0 Å². The van der Waals surface area contributed by atoms with Gasteiger partial charge in [0.1, 0.15) is 29.7 Å². The maximum atomic E-state index is 14.1. The van der Waals surface area contributed by atoms with E-state index in [-0.39, 0.29) is 5.92 Å². The first-order valence-electron chi connectivity index (χ1n) is 9.67. The zero-order valence-electron chi connectivity index (χ0n) is 15.8. The normalized spacial score (nSPS) is 17.9. The third-order valence-corrected chi connectivity index (χ3v) is 5.65. The lowest BCUT2D eigenvalue weighted by molar-refractivity contribution is 0.223. The number of anilines is 2. The highest BCUT2D eigenvalue weighted by Gasteiger charge is 2.26. The Morgan fingerprint density at radius 2 is 1.93 bits per heavy atom. The second-order valence-electron chi connectivity index (χ2n) is 7.48. The Labute approximate surface area is 164 Å². The van der Waals surface area contributed by atoms with Crippen molar-refractivity contribution in [2.75, 3.05) is 43.4 Å². The van der Waals surface area contributed by atoms with Crippen molar-refractivity contribution in [2.24, 2.45) is 0 Å². The number of nitrogens with zero attached hydrogens (tertiary/aromatic N) is 2. The zero-order valence-corrected chi connectivity index (χ0v) is 15.8. The second-order valence-corrected chi connectivity index (χ2v) is 7.48. The number of fused-ring (bicyclic) bond motifs is 1. The molecule has 1 fully saturated rings. The predicted octanol–water partition coefficient (Wildman–Crippen LogP) is 4.14. The van der Waals surface area contributed by atoms with Gasteiger partial charge < -0.3 is 15.4 Å². The average molecular weight is 385 g/mol. The van der Waals surface area contributed by atoms with Crippen LogP contribution in [0.5, 0.6) is 5.75 Å². The molecule has 2 aliphatic rings. The highest BCUT2D eigenvalue weighted by molar-refractivity contribution is 5.77. The number of para-hydroxylation sites is 1. The predicted molar refractivity (Wildman–Crippen MR) is 108 cm³/mol. The van der Waals surface area contributed by atoms with Crippen LogP contribution in [0.1, 0.15) is 24.3 Å². The molecule has 0 radical (unpaired) electrons. The van der Waals surface area contributed by atoms with Gasteiger partial charge in [-0.1, -0.05) is 18.7 Å². The number of rotatable bonds is 4. The van der Waals surface area contributed by atoms with Crippen molar-refractivity contribution in [2.45, 2.75) is 18.8 Å². The molecule has 148 valence electrons. The van der Waals surface area contributed by atoms with Crippen molar-refractivity contribution in [1.82, 2.24) is 4.90 Å². The van der Waals surface area contributed by atoms with Gasteiger partial charge in [0.25, 0.3) is 0 Å². The molecule has 2 aliphatic heterocycles. The lowest BCUT2D eigenvalue weighted by atomic mass is 9.89. The number of hydrogen-bond acceptors (Lipinski definition) is 4. The minimum Gasteiger partial charge on any atom is -0.489 e. The van der Waals surface area contributed by atoms with Crippen molar-refractivity contribution in [3.05, 3.63) is 65.9 Å². The van der Waals surface area contributed by atoms with Crippen molar-refractivity contribution in [3.8, 4) is 5.75 Å². The van der Waals surface area contributed by atoms with Gasteiger partial charge in [-0.3, -0.25) is 4.90 Å². The van der Waals surface area contributed by atoms with Gasteiger partial charge in [0.2, 0.25) is 0 Å². The number of likely N-dealkylation sites (tertiary alicyclic amines) is 1. The minimum atomic E-state index is -0.528. The van der Waals surface area contributed by atoms with E-state index in [0.29, 0.717) is 17.9 Å². The van der Waals surface area contributed by atoms with Crippen LogP contribution in [-0.2, 0) is 0 Å². The maximum absolute atomic E-state index is 14.1. The van der Waals surface area contributed by atoms with E-state index in [9.17, 15) is 8.78 Å². The standard InChI is InChI=1S/C22H25F2N3O/c1-15(27-11-12-28-21-4-2-3-20(25)22(21)27)14-26-9-7-16(8-10-26)18-6-5-17(23)13-19(18)24/h2-6,13,16H,1,7-12,14,25H2. The van der Waals surface area contributed by atoms with Crippen molar-refractivity contribution >= 4 is 11.4 Å². The van der Waals surface area contributed by atoms with Crippen LogP contribution in [0.25, 0.3) is 0 Å². The second kappa shape index (κ2) is 7.80. The fraction of sp³-hybridized carbons (Fsp3) is 0.364. The molecule has 4 nitrogen and oxygen atoms in total. The van der Waals surface area contributed by atoms with Gasteiger partial charge in [-0.15, -0.1) is 0 Å². The molecule has 0 unspecified atom stereocenters. The molecular weight excluding hydrogens is 360 g/mol. The van der Waals surface area contributed by atoms with Crippen molar-refractivity contribution < 1.29 is 13.5 Å². The quantitative estimate of drug-likeness (QED) is 0.804. The van der Waals surface area contributed by atoms with Gasteiger partial charge in [0.15, 0.2) is 0 Å². The summed E-state index contributed by atoms with van der Waals surface area (Å²) in [6.07, 6.45) is 1.69. The van der Waals surface area contributed by atoms with Crippen LogP contribution in [0, 0.1) is 11.6 Å². The average Bonchev–Trinajstić information content (AvgIpc) is 2.69. The molecule has 2 aromatic carbocycles. The summed E-state index contributed by atoms with van der Waals surface area (Å²) in [5, 5.41) is 0. The van der Waals surface area contributed by atoms with E-state index in [1.165, 1.54) is 6.07 Å². The largest absolute Gasteiger partial charge is 0.489 e. The fourth-order valence-electron chi connectivity index (χ4n) is 4.20. The van der Waals surface area contributed by atoms with Gasteiger partial charge in [-0.25, -0.2) is 8.78 Å². The first-order chi connectivity index (χ1) is 13.5. The highest BCUT2D eigenvalue weighted by atomic mass is 19.1. The minimum absolute atomic E-state index is 0.130. The van der Waals surface area contributed by atoms with Crippen LogP contribution >= 0.6 is 0 Å². The number of benzene rings is 2. The fourth-order valence-corrected chi connectivity index (χ4v) is 4.20. The number of halogens is 2. The van der Waals surface area contributed by atoms with Gasteiger partial charge >= 0.3 is 0 Å². The van der Waals surface area contributed by atoms with Crippen LogP contribution in [0.15, 0.2) is 48.7 Å². The van der Waals surface area contributed by atoms with Crippen LogP contribution in [0.4, 0.5) is 20.2 Å². The Balaban J connectivity index is 1.39. The summed E-state index contributed by atoms with van der Waals surface area (Å²) in [6, 6.07) is 9.58. The van der Waals surface area contributed by atoms with Gasteiger partial charge in [0, 0.05) is 18.3 Å². The van der Waals surface area contributed by atoms with Crippen LogP contribution in [0.3, 0.4) is 0 Å². The number of nitrogens with two attached hydrogens (primary N) is 1. The third-order valence-electron chi connectivity index (χ3n) is 5.65. The van der Waals surface area contributed by atoms with E-state index in [2.05, 4.69) is 16.4 Å². The first kappa shape index (κ1) is 18.7. The van der Waals surface area contributed by atoms with Crippen LogP contribution < -0.4 is 15.4 Å². The maximum Gasteiger partial charge on any atom is 0.145 e. The molecular formula is C22H25F2N3O. The molecule has 0 bridgehead atoms. The topological polar surface area (TPSA) is 41.7 Å². The lowest BCUT2D eigenvalue weighted by Crippen LogP contribution is -2.40. The third kappa shape index (κ3) is 3.69. The highest BCUT2D eigenvalue weighted by Crippen LogP contribution is 2.39. The van der Waals surface area contributed by atoms with E-state index in [1.54, 1.807) is 6.07 Å². The molecule has 0 aliphatic carbocycles. The summed E-state index contributed by atoms with van der Waals surface area (Å²) in [4.78, 5) is 4.47. The van der Waals surface area contributed by atoms with Gasteiger partial charge in [-0.2, -0.15) is 0 Å². The summed E-state index contributed by atoms with van der Waals surface area (Å²) in [5.74, 6) is -0.0499. The molecule has 2 aromatic rings. The van der Waals surface area contributed by atoms with E-state index in [4.69, 9.17) is 10.5 Å². The first-order valence-corrected chi connectivity index (χ1v) is 9.67. The smallest absolute Gasteiger partial charge is 0.145 e. The van der Waals surface area contributed by atoms with Crippen LogP contribution in [-0.4, -0.2) is 37.7 Å². The molecule has 0 saturated carbocycles. The number of piperidine rings is 1. The van der Waals surface area contributed by atoms with E-state index < -0.39 is 11.6 Å². The summed E-state index contributed by atoms with van der Waals surface area (Å²) < 4.78 is 32.9. The SMILES string of the molecule is C=C(CN1CCC(c2ccc(F)cc2F)CC1)N1CCOc2cccc(N)c21. The molecule has 4 rings (SSSR count). The monoisotopic (exact) mass is 385 g/mol. The Morgan fingerprint density at radius 3 is 2.68 bits per heavy atom. The molecule has 2 N–H and O–H groups in total. The van der Waals surface area contributed by atoms with E-state index in [1.807, 2.05) is 18.2 Å². The molecule has 0 amide bonds. The Morgan fingerprint density at radius 1 is 1.14 bits per heavy atom. The zero-order chi connectivity index (χ0) is 19.7. The number of hydrogen-bond donors (Lipinski definition) is 1. The van der Waals surface area contributed by atoms with E-state index in [0.717, 1.165) is 62.2 Å². The lowest BCUT2D eigenvalue weighted by Gasteiger charge is -2.37. The Kier molecular flexibility index (Phi) is 5.22. The van der Waals surface area contributed by atoms with Gasteiger partial charge in [-0.05, 0) is 55.6 Å². The number of ether oxygens (including phenoxy) is 1. The molecule has 6 heteroatoms. The molecule has 28 heavy (non-hydrogen) atoms. The summed E-state index contributed by atoms with van der Waals surface area (Å²) in [7, 11) is 0. The molecule has 0 atom stereocenters. The molecule has 2 heterocycles. The Bertz CT molecular complexity index is 878. The summed E-state index contributed by atoms with van der Waals surface area (Å²) >= 11 is 0. The number of nitrogen functional groups attached to an aromatic ring is 1. The molecule has 0 spiro atoms. The summed E-state index contributed by atoms with van der Waals surface area (Å²) in [5.41, 5.74) is 9.35. The van der Waals surface area contributed by atoms with Gasteiger partial charge in [0.05, 0.1) is 12.2 Å². The molecule has 1 saturated heterocycles. The molecule has 0 aromatic heterocycles. The van der Waals surface area contributed by atoms with Crippen molar-refractivity contribution in [1.29, 1.82) is 0 Å². The van der Waals surface area contributed by atoms with E-state index >= 15 is 0 Å². The Hall–Kier alpha value is -2.60. The summed E-state index contributed by atoms with van der Waals surface area (Å²) in [6.45, 7) is 8.03.